The second-order valence-corrected chi connectivity index (χ2v) is 9.38. The Kier molecular flexibility index (Phi) is 7.97. The summed E-state index contributed by atoms with van der Waals surface area (Å²) in [4.78, 5) is 6.83. The molecule has 0 spiro atoms. The molecule has 1 atom stereocenters. The van der Waals surface area contributed by atoms with Gasteiger partial charge in [-0.05, 0) is 43.0 Å². The first-order valence-electron chi connectivity index (χ1n) is 12.2. The average Bonchev–Trinajstić information content (AvgIpc) is 3.33. The number of aliphatic hydroxyl groups excluding tert-OH is 1. The minimum atomic E-state index is -1.18. The Balaban J connectivity index is 1.44. The zero-order valence-corrected chi connectivity index (χ0v) is 19.6. The third-order valence-electron chi connectivity index (χ3n) is 6.87. The molecule has 33 heavy (non-hydrogen) atoms. The van der Waals surface area contributed by atoms with Gasteiger partial charge in [-0.15, -0.1) is 0 Å². The fourth-order valence-corrected chi connectivity index (χ4v) is 5.05. The van der Waals surface area contributed by atoms with Crippen molar-refractivity contribution >= 4 is 0 Å². The Morgan fingerprint density at radius 2 is 1.76 bits per heavy atom. The molecule has 1 aliphatic rings. The summed E-state index contributed by atoms with van der Waals surface area (Å²) in [5, 5.41) is 21.1. The van der Waals surface area contributed by atoms with Crippen LogP contribution in [0.2, 0.25) is 0 Å². The number of likely N-dealkylation sites (N-methyl/N-ethyl adjacent to an activating group) is 1. The van der Waals surface area contributed by atoms with Gasteiger partial charge in [-0.2, -0.15) is 0 Å². The summed E-state index contributed by atoms with van der Waals surface area (Å²) in [6.07, 6.45) is 8.67. The molecule has 0 bridgehead atoms. The molecule has 1 aliphatic carbocycles. The Morgan fingerprint density at radius 1 is 1.00 bits per heavy atom. The van der Waals surface area contributed by atoms with Crippen molar-refractivity contribution in [3.63, 3.8) is 0 Å². The molecule has 1 saturated carbocycles. The maximum Gasteiger partial charge on any atom is 0.231 e. The van der Waals surface area contributed by atoms with Gasteiger partial charge in [0.05, 0.1) is 6.20 Å². The van der Waals surface area contributed by atoms with E-state index in [-0.39, 0.29) is 12.5 Å². The van der Waals surface area contributed by atoms with Crippen molar-refractivity contribution in [3.05, 3.63) is 89.1 Å². The van der Waals surface area contributed by atoms with Crippen molar-refractivity contribution in [2.45, 2.75) is 57.1 Å². The lowest BCUT2D eigenvalue weighted by atomic mass is 9.73. The highest BCUT2D eigenvalue weighted by Crippen LogP contribution is 2.43. The predicted molar refractivity (Wildman–Crippen MR) is 130 cm³/mol. The molecule has 0 amide bonds. The number of aromatic nitrogens is 1. The van der Waals surface area contributed by atoms with E-state index in [9.17, 15) is 10.2 Å². The smallest absolute Gasteiger partial charge is 0.231 e. The zero-order chi connectivity index (χ0) is 23.1. The van der Waals surface area contributed by atoms with E-state index < -0.39 is 5.60 Å². The highest BCUT2D eigenvalue weighted by molar-refractivity contribution is 5.30. The minimum Gasteiger partial charge on any atom is -0.442 e. The largest absolute Gasteiger partial charge is 0.442 e. The van der Waals surface area contributed by atoms with Gasteiger partial charge in [-0.1, -0.05) is 73.9 Å². The molecule has 176 valence electrons. The predicted octanol–water partition coefficient (Wildman–Crippen LogP) is 4.70. The first-order valence-corrected chi connectivity index (χ1v) is 12.2. The molecular weight excluding hydrogens is 412 g/mol. The number of oxazole rings is 1. The van der Waals surface area contributed by atoms with E-state index in [0.717, 1.165) is 62.1 Å². The Labute approximate surface area is 197 Å². The lowest BCUT2D eigenvalue weighted by Crippen LogP contribution is -2.38. The molecule has 0 aliphatic heterocycles. The van der Waals surface area contributed by atoms with Crippen molar-refractivity contribution in [1.82, 2.24) is 9.88 Å². The fraction of sp³-hybridized carbons (Fsp3) is 0.464. The van der Waals surface area contributed by atoms with Crippen LogP contribution in [0.3, 0.4) is 0 Å². The van der Waals surface area contributed by atoms with E-state index in [1.807, 2.05) is 36.4 Å². The summed E-state index contributed by atoms with van der Waals surface area (Å²) in [6, 6.07) is 18.3. The molecule has 0 unspecified atom stereocenters. The molecule has 1 aromatic heterocycles. The van der Waals surface area contributed by atoms with Gasteiger partial charge in [0.25, 0.3) is 0 Å². The standard InChI is InChI=1S/C28H36N2O3/c1-30(21-23-10-8-9-22(19-23)16-18-31)17-15-26-20-29-27(33-26)28(32,24-11-4-2-5-12-24)25-13-6-3-7-14-25/h2,4-5,8-12,19-20,25,31-32H,3,6-7,13-18,21H2,1H3/t28-/m0/s1. The quantitative estimate of drug-likeness (QED) is 0.470. The zero-order valence-electron chi connectivity index (χ0n) is 19.6. The molecule has 4 rings (SSSR count). The van der Waals surface area contributed by atoms with E-state index in [0.29, 0.717) is 12.3 Å². The summed E-state index contributed by atoms with van der Waals surface area (Å²) >= 11 is 0. The Morgan fingerprint density at radius 3 is 2.52 bits per heavy atom. The molecular formula is C28H36N2O3. The molecule has 2 aromatic carbocycles. The van der Waals surface area contributed by atoms with Crippen molar-refractivity contribution in [2.75, 3.05) is 20.2 Å². The second-order valence-electron chi connectivity index (χ2n) is 9.38. The SMILES string of the molecule is CN(CCc1cnc([C@](O)(c2ccccc2)C2CCCCC2)o1)Cc1cccc(CCO)c1. The van der Waals surface area contributed by atoms with Crippen molar-refractivity contribution in [3.8, 4) is 0 Å². The molecule has 3 aromatic rings. The number of benzene rings is 2. The molecule has 5 nitrogen and oxygen atoms in total. The maximum absolute atomic E-state index is 11.9. The Hall–Kier alpha value is -2.47. The number of aliphatic hydroxyl groups is 2. The maximum atomic E-state index is 11.9. The highest BCUT2D eigenvalue weighted by Gasteiger charge is 2.44. The fourth-order valence-electron chi connectivity index (χ4n) is 5.05. The van der Waals surface area contributed by atoms with Gasteiger partial charge in [0.15, 0.2) is 5.60 Å². The number of hydrogen-bond donors (Lipinski definition) is 2. The van der Waals surface area contributed by atoms with E-state index in [4.69, 9.17) is 4.42 Å². The van der Waals surface area contributed by atoms with E-state index in [1.165, 1.54) is 12.0 Å². The van der Waals surface area contributed by atoms with Crippen LogP contribution in [0.4, 0.5) is 0 Å². The van der Waals surface area contributed by atoms with Gasteiger partial charge in [0, 0.05) is 32.0 Å². The summed E-state index contributed by atoms with van der Waals surface area (Å²) in [5.41, 5.74) is 2.08. The van der Waals surface area contributed by atoms with E-state index >= 15 is 0 Å². The number of rotatable bonds is 10. The number of hydrogen-bond acceptors (Lipinski definition) is 5. The molecule has 0 radical (unpaired) electrons. The van der Waals surface area contributed by atoms with Gasteiger partial charge >= 0.3 is 0 Å². The third kappa shape index (κ3) is 5.72. The monoisotopic (exact) mass is 448 g/mol. The van der Waals surface area contributed by atoms with Crippen molar-refractivity contribution < 1.29 is 14.6 Å². The van der Waals surface area contributed by atoms with Gasteiger partial charge in [0.1, 0.15) is 5.76 Å². The van der Waals surface area contributed by atoms with Crippen LogP contribution in [0.15, 0.2) is 65.2 Å². The van der Waals surface area contributed by atoms with Crippen LogP contribution in [0.1, 0.15) is 60.4 Å². The normalized spacial score (nSPS) is 16.7. The van der Waals surface area contributed by atoms with Crippen LogP contribution < -0.4 is 0 Å². The molecule has 1 heterocycles. The summed E-state index contributed by atoms with van der Waals surface area (Å²) in [6.45, 7) is 1.83. The molecule has 0 saturated heterocycles. The lowest BCUT2D eigenvalue weighted by Gasteiger charge is -2.36. The first-order chi connectivity index (χ1) is 16.1. The van der Waals surface area contributed by atoms with Gasteiger partial charge in [0.2, 0.25) is 5.89 Å². The van der Waals surface area contributed by atoms with Gasteiger partial charge in [-0.25, -0.2) is 4.98 Å². The Bertz CT molecular complexity index is 997. The molecule has 2 N–H and O–H groups in total. The van der Waals surface area contributed by atoms with E-state index in [1.54, 1.807) is 6.20 Å². The highest BCUT2D eigenvalue weighted by atomic mass is 16.4. The van der Waals surface area contributed by atoms with Crippen LogP contribution in [0, 0.1) is 5.92 Å². The molecule has 1 fully saturated rings. The van der Waals surface area contributed by atoms with Crippen molar-refractivity contribution in [1.29, 1.82) is 0 Å². The van der Waals surface area contributed by atoms with Crippen LogP contribution in [0.5, 0.6) is 0 Å². The van der Waals surface area contributed by atoms with Gasteiger partial charge in [-0.3, -0.25) is 0 Å². The summed E-state index contributed by atoms with van der Waals surface area (Å²) in [7, 11) is 2.10. The summed E-state index contributed by atoms with van der Waals surface area (Å²) < 4.78 is 6.19. The topological polar surface area (TPSA) is 69.7 Å². The van der Waals surface area contributed by atoms with Crippen LogP contribution in [-0.2, 0) is 25.0 Å². The van der Waals surface area contributed by atoms with Crippen LogP contribution in [-0.4, -0.2) is 40.3 Å². The number of nitrogens with zero attached hydrogens (tertiary/aromatic N) is 2. The third-order valence-corrected chi connectivity index (χ3v) is 6.87. The average molecular weight is 449 g/mol. The first kappa shape index (κ1) is 23.7. The summed E-state index contributed by atoms with van der Waals surface area (Å²) in [5.74, 6) is 1.35. The second kappa shape index (κ2) is 11.1. The van der Waals surface area contributed by atoms with Crippen molar-refractivity contribution in [2.24, 2.45) is 5.92 Å². The van der Waals surface area contributed by atoms with E-state index in [2.05, 4.69) is 35.1 Å². The van der Waals surface area contributed by atoms with Crippen LogP contribution in [0.25, 0.3) is 0 Å². The van der Waals surface area contributed by atoms with Gasteiger partial charge < -0.3 is 19.5 Å². The van der Waals surface area contributed by atoms with Crippen LogP contribution >= 0.6 is 0 Å². The molecule has 5 heteroatoms. The minimum absolute atomic E-state index is 0.119. The lowest BCUT2D eigenvalue weighted by molar-refractivity contribution is -0.0239.